The van der Waals surface area contributed by atoms with Crippen molar-refractivity contribution in [3.8, 4) is 0 Å². The van der Waals surface area contributed by atoms with Gasteiger partial charge in [0.05, 0.1) is 19.5 Å². The maximum atomic E-state index is 5.45. The van der Waals surface area contributed by atoms with Crippen molar-refractivity contribution in [1.29, 1.82) is 0 Å². The zero-order valence-electron chi connectivity index (χ0n) is 17.0. The summed E-state index contributed by atoms with van der Waals surface area (Å²) in [6.07, 6.45) is 4.97. The van der Waals surface area contributed by atoms with E-state index < -0.39 is 0 Å². The van der Waals surface area contributed by atoms with Crippen molar-refractivity contribution in [3.05, 3.63) is 24.2 Å². The Labute approximate surface area is 163 Å². The van der Waals surface area contributed by atoms with E-state index in [1.807, 2.05) is 12.1 Å². The minimum Gasteiger partial charge on any atom is -0.469 e. The van der Waals surface area contributed by atoms with Crippen LogP contribution in [-0.2, 0) is 11.2 Å². The number of guanidine groups is 1. The number of piperidine rings is 1. The standard InChI is InChI=1S/C21H36N4O2/c1-18-7-11-25(17-19(18)2)21(23-9-6-20-5-3-14-27-20)22-8-4-10-24-12-15-26-16-13-24/h3,5,14,18-19H,4,6-13,15-17H2,1-2H3,(H,22,23). The highest BCUT2D eigenvalue weighted by Crippen LogP contribution is 2.22. The van der Waals surface area contributed by atoms with E-state index in [9.17, 15) is 0 Å². The fourth-order valence-corrected chi connectivity index (χ4v) is 3.78. The van der Waals surface area contributed by atoms with Gasteiger partial charge in [0.1, 0.15) is 5.76 Å². The number of aliphatic imine (C=N–C) groups is 1. The quantitative estimate of drug-likeness (QED) is 0.450. The Bertz CT molecular complexity index is 555. The molecule has 2 unspecified atom stereocenters. The minimum absolute atomic E-state index is 0.712. The zero-order chi connectivity index (χ0) is 18.9. The van der Waals surface area contributed by atoms with Crippen LogP contribution in [0.1, 0.15) is 32.4 Å². The number of nitrogens with one attached hydrogen (secondary N) is 1. The third-order valence-electron chi connectivity index (χ3n) is 5.87. The number of ether oxygens (including phenoxy) is 1. The number of rotatable bonds is 7. The van der Waals surface area contributed by atoms with Crippen LogP contribution in [0.3, 0.4) is 0 Å². The van der Waals surface area contributed by atoms with E-state index in [-0.39, 0.29) is 0 Å². The molecule has 2 aliphatic rings. The van der Waals surface area contributed by atoms with Crippen LogP contribution in [0, 0.1) is 11.8 Å². The van der Waals surface area contributed by atoms with E-state index in [1.165, 1.54) is 6.42 Å². The molecule has 2 fully saturated rings. The molecule has 0 radical (unpaired) electrons. The molecule has 0 spiro atoms. The molecule has 3 rings (SSSR count). The molecule has 27 heavy (non-hydrogen) atoms. The van der Waals surface area contributed by atoms with Gasteiger partial charge in [-0.2, -0.15) is 0 Å². The van der Waals surface area contributed by atoms with Crippen molar-refractivity contribution < 1.29 is 9.15 Å². The Morgan fingerprint density at radius 1 is 1.22 bits per heavy atom. The van der Waals surface area contributed by atoms with Gasteiger partial charge in [0.15, 0.2) is 5.96 Å². The lowest BCUT2D eigenvalue weighted by atomic mass is 9.89. The first-order valence-corrected chi connectivity index (χ1v) is 10.6. The molecule has 2 aliphatic heterocycles. The van der Waals surface area contributed by atoms with Gasteiger partial charge in [-0.05, 0) is 36.8 Å². The first kappa shape index (κ1) is 20.2. The number of likely N-dealkylation sites (tertiary alicyclic amines) is 1. The molecule has 3 heterocycles. The predicted molar refractivity (Wildman–Crippen MR) is 109 cm³/mol. The molecule has 0 amide bonds. The number of hydrogen-bond donors (Lipinski definition) is 1. The van der Waals surface area contributed by atoms with Gasteiger partial charge < -0.3 is 19.4 Å². The van der Waals surface area contributed by atoms with Crippen LogP contribution >= 0.6 is 0 Å². The summed E-state index contributed by atoms with van der Waals surface area (Å²) in [6.45, 7) is 13.6. The van der Waals surface area contributed by atoms with Gasteiger partial charge in [0.2, 0.25) is 0 Å². The van der Waals surface area contributed by atoms with E-state index in [4.69, 9.17) is 14.1 Å². The Hall–Kier alpha value is -1.53. The van der Waals surface area contributed by atoms with Crippen LogP contribution in [0.25, 0.3) is 0 Å². The maximum absolute atomic E-state index is 5.45. The smallest absolute Gasteiger partial charge is 0.193 e. The summed E-state index contributed by atoms with van der Waals surface area (Å²) in [5.74, 6) is 3.60. The SMILES string of the molecule is CC1CCN(C(=NCCCN2CCOCC2)NCCc2ccco2)CC1C. The monoisotopic (exact) mass is 376 g/mol. The van der Waals surface area contributed by atoms with Gasteiger partial charge in [-0.3, -0.25) is 9.89 Å². The summed E-state index contributed by atoms with van der Waals surface area (Å²) in [7, 11) is 0. The minimum atomic E-state index is 0.712. The second-order valence-electron chi connectivity index (χ2n) is 7.96. The number of nitrogens with zero attached hydrogens (tertiary/aromatic N) is 3. The van der Waals surface area contributed by atoms with Crippen molar-refractivity contribution in [2.45, 2.75) is 33.1 Å². The van der Waals surface area contributed by atoms with E-state index in [0.717, 1.165) is 89.5 Å². The van der Waals surface area contributed by atoms with E-state index in [2.05, 4.69) is 29.0 Å². The van der Waals surface area contributed by atoms with Crippen molar-refractivity contribution >= 4 is 5.96 Å². The Balaban J connectivity index is 1.49. The van der Waals surface area contributed by atoms with Gasteiger partial charge in [0, 0.05) is 52.2 Å². The normalized spacial score (nSPS) is 25.0. The fraction of sp³-hybridized carbons (Fsp3) is 0.762. The van der Waals surface area contributed by atoms with Crippen LogP contribution in [0.5, 0.6) is 0 Å². The summed E-state index contributed by atoms with van der Waals surface area (Å²) >= 11 is 0. The highest BCUT2D eigenvalue weighted by Gasteiger charge is 2.24. The maximum Gasteiger partial charge on any atom is 0.193 e. The number of furan rings is 1. The van der Waals surface area contributed by atoms with Crippen molar-refractivity contribution in [1.82, 2.24) is 15.1 Å². The molecular weight excluding hydrogens is 340 g/mol. The highest BCUT2D eigenvalue weighted by atomic mass is 16.5. The van der Waals surface area contributed by atoms with Crippen molar-refractivity contribution in [3.63, 3.8) is 0 Å². The topological polar surface area (TPSA) is 53.2 Å². The molecule has 152 valence electrons. The highest BCUT2D eigenvalue weighted by molar-refractivity contribution is 5.80. The van der Waals surface area contributed by atoms with Gasteiger partial charge in [0.25, 0.3) is 0 Å². The average molecular weight is 377 g/mol. The third-order valence-corrected chi connectivity index (χ3v) is 5.87. The molecule has 0 aromatic carbocycles. The molecule has 6 heteroatoms. The summed E-state index contributed by atoms with van der Waals surface area (Å²) in [5, 5.41) is 3.58. The Morgan fingerprint density at radius 3 is 2.81 bits per heavy atom. The Kier molecular flexibility index (Phi) is 8.02. The second kappa shape index (κ2) is 10.7. The molecular formula is C21H36N4O2. The van der Waals surface area contributed by atoms with E-state index >= 15 is 0 Å². The molecule has 1 aromatic rings. The lowest BCUT2D eigenvalue weighted by Crippen LogP contribution is -2.48. The molecule has 2 atom stereocenters. The summed E-state index contributed by atoms with van der Waals surface area (Å²) < 4.78 is 10.9. The lowest BCUT2D eigenvalue weighted by Gasteiger charge is -2.37. The third kappa shape index (κ3) is 6.54. The van der Waals surface area contributed by atoms with Gasteiger partial charge in [-0.25, -0.2) is 0 Å². The summed E-state index contributed by atoms with van der Waals surface area (Å²) in [6, 6.07) is 3.98. The number of hydrogen-bond acceptors (Lipinski definition) is 4. The van der Waals surface area contributed by atoms with E-state index in [1.54, 1.807) is 6.26 Å². The van der Waals surface area contributed by atoms with Crippen LogP contribution < -0.4 is 5.32 Å². The molecule has 1 N–H and O–H groups in total. The van der Waals surface area contributed by atoms with Crippen LogP contribution in [-0.4, -0.2) is 74.8 Å². The van der Waals surface area contributed by atoms with Crippen LogP contribution in [0.15, 0.2) is 27.8 Å². The predicted octanol–water partition coefficient (Wildman–Crippen LogP) is 2.47. The van der Waals surface area contributed by atoms with Crippen LogP contribution in [0.2, 0.25) is 0 Å². The largest absolute Gasteiger partial charge is 0.469 e. The molecule has 0 aliphatic carbocycles. The van der Waals surface area contributed by atoms with Gasteiger partial charge >= 0.3 is 0 Å². The first-order chi connectivity index (χ1) is 13.2. The van der Waals surface area contributed by atoms with E-state index in [0.29, 0.717) is 5.92 Å². The summed E-state index contributed by atoms with van der Waals surface area (Å²) in [5.41, 5.74) is 0. The molecule has 0 saturated carbocycles. The van der Waals surface area contributed by atoms with Gasteiger partial charge in [-0.1, -0.05) is 13.8 Å². The summed E-state index contributed by atoms with van der Waals surface area (Å²) in [4.78, 5) is 9.88. The first-order valence-electron chi connectivity index (χ1n) is 10.6. The second-order valence-corrected chi connectivity index (χ2v) is 7.96. The van der Waals surface area contributed by atoms with Crippen molar-refractivity contribution in [2.24, 2.45) is 16.8 Å². The molecule has 0 bridgehead atoms. The van der Waals surface area contributed by atoms with Gasteiger partial charge in [-0.15, -0.1) is 0 Å². The molecule has 2 saturated heterocycles. The zero-order valence-corrected chi connectivity index (χ0v) is 17.0. The lowest BCUT2D eigenvalue weighted by molar-refractivity contribution is 0.0377. The van der Waals surface area contributed by atoms with Crippen molar-refractivity contribution in [2.75, 3.05) is 59.0 Å². The van der Waals surface area contributed by atoms with Crippen LogP contribution in [0.4, 0.5) is 0 Å². The average Bonchev–Trinajstić information content (AvgIpc) is 3.20. The molecule has 1 aromatic heterocycles. The fourth-order valence-electron chi connectivity index (χ4n) is 3.78. The Morgan fingerprint density at radius 2 is 2.07 bits per heavy atom. The number of morpholine rings is 1. The molecule has 6 nitrogen and oxygen atoms in total.